The van der Waals surface area contributed by atoms with Crippen LogP contribution >= 0.6 is 0 Å². The fourth-order valence-corrected chi connectivity index (χ4v) is 2.78. The van der Waals surface area contributed by atoms with Crippen molar-refractivity contribution in [2.75, 3.05) is 10.2 Å². The number of rotatable bonds is 6. The van der Waals surface area contributed by atoms with E-state index >= 15 is 0 Å². The zero-order valence-corrected chi connectivity index (χ0v) is 14.9. The highest BCUT2D eigenvalue weighted by molar-refractivity contribution is 5.61. The van der Waals surface area contributed by atoms with Crippen LogP contribution in [0.2, 0.25) is 0 Å². The van der Waals surface area contributed by atoms with E-state index in [1.165, 1.54) is 5.56 Å². The van der Waals surface area contributed by atoms with Crippen LogP contribution in [0.25, 0.3) is 0 Å². The monoisotopic (exact) mass is 357 g/mol. The van der Waals surface area contributed by atoms with E-state index in [1.54, 1.807) is 12.3 Å². The molecular weight excluding hydrogens is 338 g/mol. The van der Waals surface area contributed by atoms with Crippen molar-refractivity contribution < 1.29 is 4.52 Å². The molecule has 0 spiro atoms. The zero-order valence-electron chi connectivity index (χ0n) is 14.9. The topological polar surface area (TPSA) is 67.1 Å². The van der Waals surface area contributed by atoms with Crippen molar-refractivity contribution in [3.8, 4) is 0 Å². The van der Waals surface area contributed by atoms with Crippen LogP contribution in [-0.2, 0) is 6.54 Å². The number of aryl methyl sites for hydroxylation is 1. The summed E-state index contributed by atoms with van der Waals surface area (Å²) in [6, 6.07) is 24.2. The number of benzene rings is 2. The van der Waals surface area contributed by atoms with Crippen molar-refractivity contribution in [2.24, 2.45) is 0 Å². The summed E-state index contributed by atoms with van der Waals surface area (Å²) in [4.78, 5) is 11.1. The van der Waals surface area contributed by atoms with Gasteiger partial charge in [0.05, 0.1) is 0 Å². The lowest BCUT2D eigenvalue weighted by atomic mass is 10.2. The molecule has 0 unspecified atom stereocenters. The molecule has 0 aliphatic rings. The molecule has 0 aliphatic heterocycles. The molecular formula is C21H19N5O. The lowest BCUT2D eigenvalue weighted by Crippen LogP contribution is -2.18. The second-order valence-corrected chi connectivity index (χ2v) is 6.09. The van der Waals surface area contributed by atoms with E-state index in [4.69, 9.17) is 4.52 Å². The molecule has 0 saturated heterocycles. The van der Waals surface area contributed by atoms with Crippen molar-refractivity contribution in [2.45, 2.75) is 13.5 Å². The predicted molar refractivity (Wildman–Crippen MR) is 105 cm³/mol. The second kappa shape index (κ2) is 7.70. The van der Waals surface area contributed by atoms with Crippen LogP contribution in [0, 0.1) is 6.92 Å². The van der Waals surface area contributed by atoms with Gasteiger partial charge in [0.1, 0.15) is 11.6 Å². The van der Waals surface area contributed by atoms with Crippen molar-refractivity contribution in [1.29, 1.82) is 0 Å². The Morgan fingerprint density at radius 2 is 1.70 bits per heavy atom. The Morgan fingerprint density at radius 3 is 2.41 bits per heavy atom. The van der Waals surface area contributed by atoms with E-state index < -0.39 is 0 Å². The van der Waals surface area contributed by atoms with Gasteiger partial charge in [-0.05, 0) is 30.7 Å². The second-order valence-electron chi connectivity index (χ2n) is 6.09. The minimum atomic E-state index is 0.467. The van der Waals surface area contributed by atoms with Crippen molar-refractivity contribution >= 4 is 23.3 Å². The zero-order chi connectivity index (χ0) is 18.5. The molecule has 27 heavy (non-hydrogen) atoms. The highest BCUT2D eigenvalue weighted by atomic mass is 16.5. The third-order valence-electron chi connectivity index (χ3n) is 4.04. The van der Waals surface area contributed by atoms with Gasteiger partial charge in [-0.3, -0.25) is 0 Å². The molecule has 0 saturated carbocycles. The van der Waals surface area contributed by atoms with Crippen molar-refractivity contribution in [3.63, 3.8) is 0 Å². The molecule has 0 bridgehead atoms. The summed E-state index contributed by atoms with van der Waals surface area (Å²) in [5.74, 6) is 2.57. The number of hydrogen-bond donors (Lipinski definition) is 1. The molecule has 4 aromatic rings. The summed E-state index contributed by atoms with van der Waals surface area (Å²) in [5, 5.41) is 7.01. The summed E-state index contributed by atoms with van der Waals surface area (Å²) in [7, 11) is 0. The van der Waals surface area contributed by atoms with Gasteiger partial charge >= 0.3 is 0 Å². The van der Waals surface area contributed by atoms with Crippen LogP contribution < -0.4 is 10.2 Å². The Bertz CT molecular complexity index is 1000. The summed E-state index contributed by atoms with van der Waals surface area (Å²) < 4.78 is 5.08. The van der Waals surface area contributed by atoms with E-state index in [9.17, 15) is 0 Å². The largest absolute Gasteiger partial charge is 0.360 e. The average Bonchev–Trinajstić information content (AvgIpc) is 3.12. The molecule has 4 rings (SSSR count). The van der Waals surface area contributed by atoms with Crippen LogP contribution in [0.15, 0.2) is 83.5 Å². The third-order valence-corrected chi connectivity index (χ3v) is 4.04. The molecule has 2 aromatic heterocycles. The van der Waals surface area contributed by atoms with E-state index in [-0.39, 0.29) is 0 Å². The Labute approximate surface area is 157 Å². The summed E-state index contributed by atoms with van der Waals surface area (Å²) in [6.45, 7) is 2.54. The van der Waals surface area contributed by atoms with Gasteiger partial charge in [-0.25, -0.2) is 4.98 Å². The van der Waals surface area contributed by atoms with E-state index in [2.05, 4.69) is 49.6 Å². The lowest BCUT2D eigenvalue weighted by Gasteiger charge is -2.24. The van der Waals surface area contributed by atoms with E-state index in [1.807, 2.05) is 49.4 Å². The summed E-state index contributed by atoms with van der Waals surface area (Å²) in [5.41, 5.74) is 2.25. The molecule has 0 atom stereocenters. The summed E-state index contributed by atoms with van der Waals surface area (Å²) >= 11 is 0. The molecule has 0 aliphatic carbocycles. The number of anilines is 4. The number of nitrogens with one attached hydrogen (secondary N) is 1. The highest BCUT2D eigenvalue weighted by Gasteiger charge is 2.13. The fourth-order valence-electron chi connectivity index (χ4n) is 2.78. The van der Waals surface area contributed by atoms with E-state index in [0.29, 0.717) is 18.3 Å². The van der Waals surface area contributed by atoms with Crippen LogP contribution in [0.3, 0.4) is 0 Å². The van der Waals surface area contributed by atoms with Crippen LogP contribution in [0.4, 0.5) is 23.3 Å². The first-order valence-electron chi connectivity index (χ1n) is 8.68. The third kappa shape index (κ3) is 4.12. The lowest BCUT2D eigenvalue weighted by molar-refractivity contribution is 0.400. The standard InChI is InChI=1S/C21H19N5O/c1-16-14-19(25-27-16)23-21-22-13-12-20(24-21)26(18-10-6-3-7-11-18)15-17-8-4-2-5-9-17/h2-14H,15H2,1H3,(H,22,23,24,25). The van der Waals surface area contributed by atoms with E-state index in [0.717, 1.165) is 17.3 Å². The molecule has 134 valence electrons. The molecule has 6 nitrogen and oxygen atoms in total. The number of para-hydroxylation sites is 1. The Hall–Kier alpha value is -3.67. The SMILES string of the molecule is Cc1cc(Nc2nccc(N(Cc3ccccc3)c3ccccc3)n2)no1. The van der Waals surface area contributed by atoms with Crippen LogP contribution in [0.1, 0.15) is 11.3 Å². The van der Waals surface area contributed by atoms with Crippen LogP contribution in [0.5, 0.6) is 0 Å². The first kappa shape index (κ1) is 16.8. The minimum Gasteiger partial charge on any atom is -0.360 e. The van der Waals surface area contributed by atoms with Gasteiger partial charge in [0.2, 0.25) is 5.95 Å². The fraction of sp³-hybridized carbons (Fsp3) is 0.0952. The smallest absolute Gasteiger partial charge is 0.230 e. The highest BCUT2D eigenvalue weighted by Crippen LogP contribution is 2.26. The van der Waals surface area contributed by atoms with Gasteiger partial charge in [0.15, 0.2) is 5.82 Å². The first-order valence-corrected chi connectivity index (χ1v) is 8.68. The maximum Gasteiger partial charge on any atom is 0.230 e. The normalized spacial score (nSPS) is 10.6. The molecule has 0 fully saturated rings. The van der Waals surface area contributed by atoms with Crippen LogP contribution in [-0.4, -0.2) is 15.1 Å². The number of nitrogens with zero attached hydrogens (tertiary/aromatic N) is 4. The summed E-state index contributed by atoms with van der Waals surface area (Å²) in [6.07, 6.45) is 1.73. The Balaban J connectivity index is 1.66. The number of hydrogen-bond acceptors (Lipinski definition) is 6. The molecule has 0 amide bonds. The van der Waals surface area contributed by atoms with Gasteiger partial charge in [-0.1, -0.05) is 53.7 Å². The van der Waals surface area contributed by atoms with Gasteiger partial charge < -0.3 is 14.7 Å². The Kier molecular flexibility index (Phi) is 4.78. The average molecular weight is 357 g/mol. The predicted octanol–water partition coefficient (Wildman–Crippen LogP) is 4.85. The maximum absolute atomic E-state index is 5.08. The molecule has 0 radical (unpaired) electrons. The first-order chi connectivity index (χ1) is 13.3. The molecule has 2 aromatic carbocycles. The minimum absolute atomic E-state index is 0.467. The maximum atomic E-state index is 5.08. The molecule has 2 heterocycles. The van der Waals surface area contributed by atoms with Crippen molar-refractivity contribution in [1.82, 2.24) is 15.1 Å². The van der Waals surface area contributed by atoms with Gasteiger partial charge in [0.25, 0.3) is 0 Å². The number of aromatic nitrogens is 3. The van der Waals surface area contributed by atoms with Gasteiger partial charge in [-0.15, -0.1) is 0 Å². The van der Waals surface area contributed by atoms with Gasteiger partial charge in [-0.2, -0.15) is 4.98 Å². The van der Waals surface area contributed by atoms with Gasteiger partial charge in [0, 0.05) is 24.5 Å². The quantitative estimate of drug-likeness (QED) is 0.532. The molecule has 1 N–H and O–H groups in total. The van der Waals surface area contributed by atoms with Crippen molar-refractivity contribution in [3.05, 3.63) is 90.3 Å². The molecule has 6 heteroatoms. The Morgan fingerprint density at radius 1 is 0.963 bits per heavy atom.